The zero-order valence-electron chi connectivity index (χ0n) is 12.5. The van der Waals surface area contributed by atoms with E-state index in [4.69, 9.17) is 14.9 Å². The monoisotopic (exact) mass is 301 g/mol. The first-order chi connectivity index (χ1) is 10.1. The Bertz CT molecular complexity index is 772. The van der Waals surface area contributed by atoms with Crippen LogP contribution in [0.4, 0.5) is 0 Å². The van der Waals surface area contributed by atoms with Crippen LogP contribution in [0.5, 0.6) is 5.75 Å². The van der Waals surface area contributed by atoms with Crippen molar-refractivity contribution in [3.05, 3.63) is 51.4 Å². The molecule has 3 aromatic rings. The summed E-state index contributed by atoms with van der Waals surface area (Å²) >= 11 is 1.75. The van der Waals surface area contributed by atoms with Crippen LogP contribution in [0.25, 0.3) is 11.0 Å². The van der Waals surface area contributed by atoms with Crippen molar-refractivity contribution < 1.29 is 9.15 Å². The highest BCUT2D eigenvalue weighted by molar-refractivity contribution is 7.12. The zero-order valence-corrected chi connectivity index (χ0v) is 13.3. The van der Waals surface area contributed by atoms with Gasteiger partial charge in [0.2, 0.25) is 0 Å². The Balaban J connectivity index is 2.05. The quantitative estimate of drug-likeness (QED) is 0.776. The van der Waals surface area contributed by atoms with Gasteiger partial charge in [-0.25, -0.2) is 0 Å². The average molecular weight is 301 g/mol. The van der Waals surface area contributed by atoms with Gasteiger partial charge < -0.3 is 14.9 Å². The molecule has 1 aromatic carbocycles. The molecule has 110 valence electrons. The van der Waals surface area contributed by atoms with E-state index in [9.17, 15) is 0 Å². The molecule has 0 aliphatic carbocycles. The van der Waals surface area contributed by atoms with Gasteiger partial charge in [-0.2, -0.15) is 0 Å². The summed E-state index contributed by atoms with van der Waals surface area (Å²) in [6, 6.07) is 9.86. The Morgan fingerprint density at radius 2 is 2.10 bits per heavy atom. The molecule has 0 saturated heterocycles. The molecule has 2 heterocycles. The summed E-state index contributed by atoms with van der Waals surface area (Å²) in [4.78, 5) is 2.48. The van der Waals surface area contributed by atoms with Crippen LogP contribution >= 0.6 is 11.3 Å². The van der Waals surface area contributed by atoms with E-state index in [2.05, 4.69) is 26.0 Å². The summed E-state index contributed by atoms with van der Waals surface area (Å²) in [5, 5.41) is 1.06. The minimum Gasteiger partial charge on any atom is -0.497 e. The SMILES string of the molecule is CCc1ccc(C(N)c2oc3ccc(OC)cc3c2C)s1. The predicted octanol–water partition coefficient (Wildman–Crippen LogP) is 4.42. The molecule has 0 fully saturated rings. The topological polar surface area (TPSA) is 48.4 Å². The normalized spacial score (nSPS) is 12.8. The van der Waals surface area contributed by atoms with Gasteiger partial charge in [-0.15, -0.1) is 11.3 Å². The molecule has 2 aromatic heterocycles. The molecule has 2 N–H and O–H groups in total. The molecule has 3 rings (SSSR count). The lowest BCUT2D eigenvalue weighted by Gasteiger charge is -2.07. The van der Waals surface area contributed by atoms with Crippen molar-refractivity contribution in [3.63, 3.8) is 0 Å². The van der Waals surface area contributed by atoms with Crippen molar-refractivity contribution >= 4 is 22.3 Å². The van der Waals surface area contributed by atoms with Gasteiger partial charge in [0, 0.05) is 20.7 Å². The second-order valence-electron chi connectivity index (χ2n) is 5.09. The molecule has 0 amide bonds. The summed E-state index contributed by atoms with van der Waals surface area (Å²) in [6.07, 6.45) is 1.04. The summed E-state index contributed by atoms with van der Waals surface area (Å²) in [5.41, 5.74) is 8.34. The molecule has 3 nitrogen and oxygen atoms in total. The molecule has 1 atom stereocenters. The van der Waals surface area contributed by atoms with Crippen LogP contribution in [0.15, 0.2) is 34.7 Å². The molecule has 0 aliphatic rings. The first-order valence-corrected chi connectivity index (χ1v) is 7.87. The Morgan fingerprint density at radius 3 is 2.76 bits per heavy atom. The lowest BCUT2D eigenvalue weighted by molar-refractivity contribution is 0.415. The smallest absolute Gasteiger partial charge is 0.134 e. The van der Waals surface area contributed by atoms with Gasteiger partial charge >= 0.3 is 0 Å². The largest absolute Gasteiger partial charge is 0.497 e. The molecule has 0 spiro atoms. The average Bonchev–Trinajstić information content (AvgIpc) is 3.11. The van der Waals surface area contributed by atoms with Crippen LogP contribution in [0.1, 0.15) is 34.0 Å². The number of hydrogen-bond acceptors (Lipinski definition) is 4. The van der Waals surface area contributed by atoms with Crippen molar-refractivity contribution in [2.75, 3.05) is 7.11 Å². The lowest BCUT2D eigenvalue weighted by atomic mass is 10.1. The van der Waals surface area contributed by atoms with Gasteiger partial charge in [0.25, 0.3) is 0 Å². The maximum Gasteiger partial charge on any atom is 0.134 e. The van der Waals surface area contributed by atoms with E-state index in [0.29, 0.717) is 0 Å². The molecule has 0 radical (unpaired) electrons. The van der Waals surface area contributed by atoms with E-state index in [1.165, 1.54) is 4.88 Å². The van der Waals surface area contributed by atoms with E-state index in [1.54, 1.807) is 18.4 Å². The van der Waals surface area contributed by atoms with E-state index >= 15 is 0 Å². The van der Waals surface area contributed by atoms with Gasteiger partial charge in [0.05, 0.1) is 13.2 Å². The molecular weight excluding hydrogens is 282 g/mol. The number of aryl methyl sites for hydroxylation is 2. The summed E-state index contributed by atoms with van der Waals surface area (Å²) in [6.45, 7) is 4.20. The van der Waals surface area contributed by atoms with E-state index in [0.717, 1.165) is 39.3 Å². The number of furan rings is 1. The van der Waals surface area contributed by atoms with Crippen molar-refractivity contribution in [1.29, 1.82) is 0 Å². The lowest BCUT2D eigenvalue weighted by Crippen LogP contribution is -2.10. The van der Waals surface area contributed by atoms with E-state index < -0.39 is 0 Å². The van der Waals surface area contributed by atoms with E-state index in [1.807, 2.05) is 18.2 Å². The van der Waals surface area contributed by atoms with Crippen LogP contribution < -0.4 is 10.5 Å². The Labute approximate surface area is 128 Å². The van der Waals surface area contributed by atoms with E-state index in [-0.39, 0.29) is 6.04 Å². The van der Waals surface area contributed by atoms with Gasteiger partial charge in [0.1, 0.15) is 17.1 Å². The number of fused-ring (bicyclic) bond motifs is 1. The second-order valence-corrected chi connectivity index (χ2v) is 6.29. The van der Waals surface area contributed by atoms with Gasteiger partial charge in [-0.05, 0) is 43.7 Å². The first-order valence-electron chi connectivity index (χ1n) is 7.05. The Hall–Kier alpha value is -1.78. The third-order valence-corrected chi connectivity index (χ3v) is 5.11. The fraction of sp³-hybridized carbons (Fsp3) is 0.294. The molecule has 0 aliphatic heterocycles. The highest BCUT2D eigenvalue weighted by Gasteiger charge is 2.20. The van der Waals surface area contributed by atoms with Gasteiger partial charge in [-0.1, -0.05) is 6.92 Å². The fourth-order valence-electron chi connectivity index (χ4n) is 2.52. The number of benzene rings is 1. The molecular formula is C17H19NO2S. The first kappa shape index (κ1) is 14.2. The zero-order chi connectivity index (χ0) is 15.0. The van der Waals surface area contributed by atoms with Gasteiger partial charge in [-0.3, -0.25) is 0 Å². The second kappa shape index (κ2) is 5.54. The van der Waals surface area contributed by atoms with Crippen molar-refractivity contribution in [2.45, 2.75) is 26.3 Å². The maximum absolute atomic E-state index is 6.40. The summed E-state index contributed by atoms with van der Waals surface area (Å²) in [7, 11) is 1.67. The highest BCUT2D eigenvalue weighted by Crippen LogP contribution is 2.35. The molecule has 0 saturated carbocycles. The minimum absolute atomic E-state index is 0.214. The summed E-state index contributed by atoms with van der Waals surface area (Å²) < 4.78 is 11.3. The molecule has 0 bridgehead atoms. The number of thiophene rings is 1. The Kier molecular flexibility index (Phi) is 3.74. The van der Waals surface area contributed by atoms with Crippen molar-refractivity contribution in [2.24, 2.45) is 5.73 Å². The number of rotatable bonds is 4. The molecule has 1 unspecified atom stereocenters. The van der Waals surface area contributed by atoms with Crippen LogP contribution in [0.2, 0.25) is 0 Å². The highest BCUT2D eigenvalue weighted by atomic mass is 32.1. The number of ether oxygens (including phenoxy) is 1. The Morgan fingerprint density at radius 1 is 1.29 bits per heavy atom. The van der Waals surface area contributed by atoms with Crippen molar-refractivity contribution in [3.8, 4) is 5.75 Å². The maximum atomic E-state index is 6.40. The van der Waals surface area contributed by atoms with Gasteiger partial charge in [0.15, 0.2) is 0 Å². The van der Waals surface area contributed by atoms with Crippen LogP contribution in [-0.2, 0) is 6.42 Å². The number of methoxy groups -OCH3 is 1. The van der Waals surface area contributed by atoms with Crippen LogP contribution in [0, 0.1) is 6.92 Å². The standard InChI is InChI=1S/C17H19NO2S/c1-4-12-6-8-15(21-12)16(18)17-10(2)13-9-11(19-3)5-7-14(13)20-17/h5-9,16H,4,18H2,1-3H3. The molecule has 4 heteroatoms. The van der Waals surface area contributed by atoms with Crippen LogP contribution in [-0.4, -0.2) is 7.11 Å². The van der Waals surface area contributed by atoms with Crippen LogP contribution in [0.3, 0.4) is 0 Å². The third kappa shape index (κ3) is 2.45. The number of nitrogens with two attached hydrogens (primary N) is 1. The summed E-state index contributed by atoms with van der Waals surface area (Å²) in [5.74, 6) is 1.67. The predicted molar refractivity (Wildman–Crippen MR) is 87.2 cm³/mol. The fourth-order valence-corrected chi connectivity index (χ4v) is 3.48. The third-order valence-electron chi connectivity index (χ3n) is 3.80. The number of hydrogen-bond donors (Lipinski definition) is 1. The van der Waals surface area contributed by atoms with Crippen molar-refractivity contribution in [1.82, 2.24) is 0 Å². The molecule has 21 heavy (non-hydrogen) atoms. The minimum atomic E-state index is -0.214.